The predicted molar refractivity (Wildman–Crippen MR) is 111 cm³/mol. The summed E-state index contributed by atoms with van der Waals surface area (Å²) in [6, 6.07) is 9.13. The van der Waals surface area contributed by atoms with Gasteiger partial charge in [0.2, 0.25) is 0 Å². The minimum atomic E-state index is -0.958. The fourth-order valence-corrected chi connectivity index (χ4v) is 3.33. The summed E-state index contributed by atoms with van der Waals surface area (Å²) in [6.07, 6.45) is 2.27. The number of phenolic OH excluding ortho intramolecular Hbond substituents is 1. The second-order valence-electron chi connectivity index (χ2n) is 7.29. The van der Waals surface area contributed by atoms with Crippen LogP contribution < -0.4 is 0 Å². The molecule has 2 rings (SSSR count). The van der Waals surface area contributed by atoms with Gasteiger partial charge < -0.3 is 14.9 Å². The standard InChI is InChI=1S/C23H28FNO5/c1-16-13-17(6-8-20(16)23(28)29)15-25(11-4-3-5-22(27)30-2)12-10-18-14-19(24)7-9-21(18)26/h6-9,13-14,26H,3-5,10-12,15H2,1-2H3,(H,28,29). The van der Waals surface area contributed by atoms with Crippen LogP contribution in [-0.2, 0) is 22.5 Å². The molecule has 0 aliphatic heterocycles. The Bertz CT molecular complexity index is 884. The van der Waals surface area contributed by atoms with Gasteiger partial charge in [-0.2, -0.15) is 0 Å². The molecule has 0 radical (unpaired) electrons. The zero-order chi connectivity index (χ0) is 22.1. The number of nitrogens with zero attached hydrogens (tertiary/aromatic N) is 1. The van der Waals surface area contributed by atoms with Gasteiger partial charge in [0.25, 0.3) is 0 Å². The van der Waals surface area contributed by atoms with E-state index in [9.17, 15) is 24.2 Å². The highest BCUT2D eigenvalue weighted by atomic mass is 19.1. The quantitative estimate of drug-likeness (QED) is 0.426. The predicted octanol–water partition coefficient (Wildman–Crippen LogP) is 3.93. The largest absolute Gasteiger partial charge is 0.508 e. The Kier molecular flexibility index (Phi) is 8.80. The smallest absolute Gasteiger partial charge is 0.335 e. The number of hydrogen-bond donors (Lipinski definition) is 2. The van der Waals surface area contributed by atoms with Gasteiger partial charge in [-0.1, -0.05) is 12.1 Å². The number of rotatable bonds is 11. The molecular weight excluding hydrogens is 389 g/mol. The summed E-state index contributed by atoms with van der Waals surface area (Å²) in [5, 5.41) is 19.2. The van der Waals surface area contributed by atoms with Crippen LogP contribution in [0.5, 0.6) is 5.75 Å². The second-order valence-corrected chi connectivity index (χ2v) is 7.29. The molecule has 30 heavy (non-hydrogen) atoms. The lowest BCUT2D eigenvalue weighted by Crippen LogP contribution is -2.27. The Labute approximate surface area is 175 Å². The number of benzene rings is 2. The van der Waals surface area contributed by atoms with E-state index in [0.29, 0.717) is 50.0 Å². The van der Waals surface area contributed by atoms with Crippen LogP contribution in [0.25, 0.3) is 0 Å². The van der Waals surface area contributed by atoms with Crippen LogP contribution in [0, 0.1) is 12.7 Å². The molecule has 0 bridgehead atoms. The number of aromatic hydroxyl groups is 1. The van der Waals surface area contributed by atoms with E-state index in [-0.39, 0.29) is 17.3 Å². The summed E-state index contributed by atoms with van der Waals surface area (Å²) in [5.74, 6) is -1.54. The molecule has 2 aromatic rings. The average molecular weight is 417 g/mol. The first-order valence-corrected chi connectivity index (χ1v) is 9.89. The van der Waals surface area contributed by atoms with Crippen molar-refractivity contribution in [1.29, 1.82) is 0 Å². The highest BCUT2D eigenvalue weighted by Crippen LogP contribution is 2.20. The third kappa shape index (κ3) is 7.15. The van der Waals surface area contributed by atoms with Crippen molar-refractivity contribution in [1.82, 2.24) is 4.90 Å². The highest BCUT2D eigenvalue weighted by Gasteiger charge is 2.12. The number of esters is 1. The number of carbonyl (C=O) groups excluding carboxylic acids is 1. The second kappa shape index (κ2) is 11.3. The first-order valence-electron chi connectivity index (χ1n) is 9.89. The maximum Gasteiger partial charge on any atom is 0.335 e. The van der Waals surface area contributed by atoms with Crippen LogP contribution >= 0.6 is 0 Å². The van der Waals surface area contributed by atoms with E-state index in [1.54, 1.807) is 19.1 Å². The van der Waals surface area contributed by atoms with Crippen molar-refractivity contribution in [2.75, 3.05) is 20.2 Å². The topological polar surface area (TPSA) is 87.1 Å². The number of phenols is 1. The van der Waals surface area contributed by atoms with E-state index < -0.39 is 11.8 Å². The maximum atomic E-state index is 13.5. The molecule has 0 atom stereocenters. The van der Waals surface area contributed by atoms with E-state index >= 15 is 0 Å². The Hall–Kier alpha value is -2.93. The van der Waals surface area contributed by atoms with E-state index in [1.165, 1.54) is 25.3 Å². The van der Waals surface area contributed by atoms with Gasteiger partial charge in [-0.25, -0.2) is 9.18 Å². The van der Waals surface area contributed by atoms with Gasteiger partial charge in [0.15, 0.2) is 0 Å². The first-order chi connectivity index (χ1) is 14.3. The summed E-state index contributed by atoms with van der Waals surface area (Å²) < 4.78 is 18.2. The zero-order valence-corrected chi connectivity index (χ0v) is 17.4. The number of ether oxygens (including phenoxy) is 1. The molecule has 0 aromatic heterocycles. The van der Waals surface area contributed by atoms with E-state index in [2.05, 4.69) is 9.64 Å². The molecule has 0 saturated carbocycles. The number of aromatic carboxylic acids is 1. The number of methoxy groups -OCH3 is 1. The van der Waals surface area contributed by atoms with Crippen molar-refractivity contribution in [3.8, 4) is 5.75 Å². The Morgan fingerprint density at radius 3 is 2.53 bits per heavy atom. The normalized spacial score (nSPS) is 10.9. The number of carboxylic acids is 1. The first kappa shape index (κ1) is 23.3. The van der Waals surface area contributed by atoms with Crippen LogP contribution in [0.2, 0.25) is 0 Å². The molecule has 0 aliphatic carbocycles. The fraction of sp³-hybridized carbons (Fsp3) is 0.391. The van der Waals surface area contributed by atoms with Crippen LogP contribution in [0.15, 0.2) is 36.4 Å². The van der Waals surface area contributed by atoms with Crippen molar-refractivity contribution in [3.05, 3.63) is 64.5 Å². The Balaban J connectivity index is 2.06. The summed E-state index contributed by atoms with van der Waals surface area (Å²) in [7, 11) is 1.36. The van der Waals surface area contributed by atoms with Gasteiger partial charge >= 0.3 is 11.9 Å². The maximum absolute atomic E-state index is 13.5. The molecule has 7 heteroatoms. The highest BCUT2D eigenvalue weighted by molar-refractivity contribution is 5.89. The van der Waals surface area contributed by atoms with Crippen molar-refractivity contribution >= 4 is 11.9 Å². The number of aryl methyl sites for hydroxylation is 1. The van der Waals surface area contributed by atoms with E-state index in [0.717, 1.165) is 12.0 Å². The van der Waals surface area contributed by atoms with Gasteiger partial charge in [0.05, 0.1) is 12.7 Å². The van der Waals surface area contributed by atoms with E-state index in [1.807, 2.05) is 6.07 Å². The summed E-state index contributed by atoms with van der Waals surface area (Å²) in [5.41, 5.74) is 2.46. The molecule has 162 valence electrons. The molecule has 2 N–H and O–H groups in total. The Morgan fingerprint density at radius 1 is 1.10 bits per heavy atom. The molecule has 0 fully saturated rings. The fourth-order valence-electron chi connectivity index (χ4n) is 3.33. The number of carbonyl (C=O) groups is 2. The Morgan fingerprint density at radius 2 is 1.87 bits per heavy atom. The average Bonchev–Trinajstić information content (AvgIpc) is 2.70. The summed E-state index contributed by atoms with van der Waals surface area (Å²) >= 11 is 0. The lowest BCUT2D eigenvalue weighted by Gasteiger charge is -2.23. The monoisotopic (exact) mass is 417 g/mol. The molecule has 0 aliphatic rings. The summed E-state index contributed by atoms with van der Waals surface area (Å²) in [4.78, 5) is 24.7. The lowest BCUT2D eigenvalue weighted by atomic mass is 10.0. The molecule has 0 spiro atoms. The third-order valence-electron chi connectivity index (χ3n) is 5.00. The minimum absolute atomic E-state index is 0.0590. The minimum Gasteiger partial charge on any atom is -0.508 e. The molecule has 0 amide bonds. The zero-order valence-electron chi connectivity index (χ0n) is 17.4. The number of unbranched alkanes of at least 4 members (excludes halogenated alkanes) is 1. The van der Waals surface area contributed by atoms with Crippen molar-refractivity contribution in [2.45, 2.75) is 39.2 Å². The van der Waals surface area contributed by atoms with Gasteiger partial charge in [-0.15, -0.1) is 0 Å². The van der Waals surface area contributed by atoms with Gasteiger partial charge in [0.1, 0.15) is 11.6 Å². The van der Waals surface area contributed by atoms with E-state index in [4.69, 9.17) is 0 Å². The van der Waals surface area contributed by atoms with Gasteiger partial charge in [0, 0.05) is 19.5 Å². The molecule has 0 unspecified atom stereocenters. The van der Waals surface area contributed by atoms with Crippen LogP contribution in [0.3, 0.4) is 0 Å². The molecular formula is C23H28FNO5. The molecule has 0 saturated heterocycles. The third-order valence-corrected chi connectivity index (χ3v) is 5.00. The number of halogens is 1. The van der Waals surface area contributed by atoms with Crippen molar-refractivity contribution < 1.29 is 28.9 Å². The van der Waals surface area contributed by atoms with Crippen molar-refractivity contribution in [3.63, 3.8) is 0 Å². The van der Waals surface area contributed by atoms with Crippen LogP contribution in [0.4, 0.5) is 4.39 Å². The van der Waals surface area contributed by atoms with Crippen LogP contribution in [0.1, 0.15) is 46.3 Å². The van der Waals surface area contributed by atoms with Crippen LogP contribution in [-0.4, -0.2) is 47.3 Å². The number of hydrogen-bond acceptors (Lipinski definition) is 5. The molecule has 2 aromatic carbocycles. The van der Waals surface area contributed by atoms with Crippen molar-refractivity contribution in [2.24, 2.45) is 0 Å². The van der Waals surface area contributed by atoms with Gasteiger partial charge in [-0.05, 0) is 73.7 Å². The molecule has 6 nitrogen and oxygen atoms in total. The SMILES string of the molecule is COC(=O)CCCCN(CCc1cc(F)ccc1O)Cc1ccc(C(=O)O)c(C)c1. The lowest BCUT2D eigenvalue weighted by molar-refractivity contribution is -0.140. The van der Waals surface area contributed by atoms with Gasteiger partial charge in [-0.3, -0.25) is 9.69 Å². The molecule has 0 heterocycles. The number of carboxylic acid groups (broad SMARTS) is 1. The summed E-state index contributed by atoms with van der Waals surface area (Å²) in [6.45, 7) is 3.62.